The minimum Gasteiger partial charge on any atom is -0.347 e. The molecule has 0 amide bonds. The number of hydrogen-bond donors (Lipinski definition) is 0. The lowest BCUT2D eigenvalue weighted by molar-refractivity contribution is -0.197. The summed E-state index contributed by atoms with van der Waals surface area (Å²) in [5, 5.41) is 0. The summed E-state index contributed by atoms with van der Waals surface area (Å²) in [4.78, 5) is 2.55. The molecule has 0 N–H and O–H groups in total. The van der Waals surface area contributed by atoms with Crippen molar-refractivity contribution >= 4 is 0 Å². The standard InChI is InChI=1S/C20H39NO2/c1-6-8-14-21(7-2)15-11-18-16-22-20(23-18)12-9-17(10-13-20)19(3,4)5/h17-18H,6-16H2,1-5H3. The third kappa shape index (κ3) is 5.44. The maximum absolute atomic E-state index is 6.40. The molecule has 3 heteroatoms. The molecule has 3 nitrogen and oxygen atoms in total. The lowest BCUT2D eigenvalue weighted by Crippen LogP contribution is -2.39. The van der Waals surface area contributed by atoms with Crippen LogP contribution in [0.5, 0.6) is 0 Å². The maximum atomic E-state index is 6.40. The molecule has 2 fully saturated rings. The van der Waals surface area contributed by atoms with E-state index in [-0.39, 0.29) is 5.79 Å². The Labute approximate surface area is 144 Å². The molecule has 1 aliphatic heterocycles. The Bertz CT molecular complexity index is 342. The Morgan fingerprint density at radius 2 is 1.78 bits per heavy atom. The van der Waals surface area contributed by atoms with Crippen LogP contribution in [0.15, 0.2) is 0 Å². The third-order valence-corrected chi connectivity index (χ3v) is 5.93. The molecule has 1 atom stereocenters. The Morgan fingerprint density at radius 1 is 1.09 bits per heavy atom. The summed E-state index contributed by atoms with van der Waals surface area (Å²) in [6.07, 6.45) is 8.64. The number of ether oxygens (including phenoxy) is 2. The molecular formula is C20H39NO2. The zero-order valence-corrected chi connectivity index (χ0v) is 16.2. The molecule has 0 aromatic carbocycles. The van der Waals surface area contributed by atoms with Crippen LogP contribution in [0.4, 0.5) is 0 Å². The molecule has 1 spiro atoms. The second-order valence-electron chi connectivity index (χ2n) is 8.68. The molecule has 1 unspecified atom stereocenters. The average molecular weight is 326 g/mol. The van der Waals surface area contributed by atoms with Crippen LogP contribution in [0.1, 0.15) is 79.6 Å². The first-order chi connectivity index (χ1) is 10.9. The van der Waals surface area contributed by atoms with Crippen LogP contribution in [-0.2, 0) is 9.47 Å². The SMILES string of the molecule is CCCCN(CC)CCC1COC2(CCC(C(C)(C)C)CC2)O1. The summed E-state index contributed by atoms with van der Waals surface area (Å²) in [6, 6.07) is 0. The molecule has 1 aliphatic carbocycles. The van der Waals surface area contributed by atoms with Gasteiger partial charge in [-0.2, -0.15) is 0 Å². The molecule has 2 aliphatic rings. The van der Waals surface area contributed by atoms with E-state index in [1.807, 2.05) is 0 Å². The normalized spacial score (nSPS) is 32.1. The van der Waals surface area contributed by atoms with Gasteiger partial charge >= 0.3 is 0 Å². The Balaban J connectivity index is 1.74. The highest BCUT2D eigenvalue weighted by Gasteiger charge is 2.45. The number of rotatable bonds is 7. The summed E-state index contributed by atoms with van der Waals surface area (Å²) in [5.41, 5.74) is 0.417. The van der Waals surface area contributed by atoms with Crippen molar-refractivity contribution in [1.82, 2.24) is 4.90 Å². The Kier molecular flexibility index (Phi) is 6.94. The molecule has 1 heterocycles. The quantitative estimate of drug-likeness (QED) is 0.668. The highest BCUT2D eigenvalue weighted by molar-refractivity contribution is 4.88. The molecule has 2 rings (SSSR count). The first-order valence-electron chi connectivity index (χ1n) is 9.92. The monoisotopic (exact) mass is 325 g/mol. The first kappa shape index (κ1) is 19.2. The van der Waals surface area contributed by atoms with Crippen molar-refractivity contribution in [2.75, 3.05) is 26.2 Å². The molecule has 1 saturated carbocycles. The maximum Gasteiger partial charge on any atom is 0.168 e. The van der Waals surface area contributed by atoms with Gasteiger partial charge in [0.05, 0.1) is 12.7 Å². The number of unbranched alkanes of at least 4 members (excludes halogenated alkanes) is 1. The molecule has 0 bridgehead atoms. The van der Waals surface area contributed by atoms with Gasteiger partial charge in [0.1, 0.15) is 0 Å². The minimum absolute atomic E-state index is 0.243. The van der Waals surface area contributed by atoms with Gasteiger partial charge in [0.25, 0.3) is 0 Å². The summed E-state index contributed by atoms with van der Waals surface area (Å²) < 4.78 is 12.6. The largest absolute Gasteiger partial charge is 0.347 e. The summed E-state index contributed by atoms with van der Waals surface area (Å²) in [5.74, 6) is 0.566. The molecule has 1 saturated heterocycles. The van der Waals surface area contributed by atoms with Crippen LogP contribution in [0.25, 0.3) is 0 Å². The predicted octanol–water partition coefficient (Wildman–Crippen LogP) is 4.85. The molecule has 0 radical (unpaired) electrons. The Hall–Kier alpha value is -0.120. The van der Waals surface area contributed by atoms with Gasteiger partial charge in [-0.1, -0.05) is 41.0 Å². The van der Waals surface area contributed by atoms with Gasteiger partial charge in [0, 0.05) is 19.4 Å². The molecule has 0 aromatic rings. The van der Waals surface area contributed by atoms with Crippen LogP contribution < -0.4 is 0 Å². The van der Waals surface area contributed by atoms with E-state index in [0.717, 1.165) is 44.9 Å². The van der Waals surface area contributed by atoms with E-state index in [1.165, 1.54) is 32.2 Å². The van der Waals surface area contributed by atoms with Crippen LogP contribution >= 0.6 is 0 Å². The van der Waals surface area contributed by atoms with Gasteiger partial charge in [-0.05, 0) is 50.1 Å². The average Bonchev–Trinajstić information content (AvgIpc) is 2.90. The number of hydrogen-bond acceptors (Lipinski definition) is 3. The highest BCUT2D eigenvalue weighted by Crippen LogP contribution is 2.45. The van der Waals surface area contributed by atoms with E-state index in [9.17, 15) is 0 Å². The van der Waals surface area contributed by atoms with E-state index < -0.39 is 0 Å². The lowest BCUT2D eigenvalue weighted by Gasteiger charge is -2.41. The topological polar surface area (TPSA) is 21.7 Å². The summed E-state index contributed by atoms with van der Waals surface area (Å²) in [6.45, 7) is 15.9. The molecular weight excluding hydrogens is 286 g/mol. The zero-order valence-electron chi connectivity index (χ0n) is 16.2. The van der Waals surface area contributed by atoms with Crippen LogP contribution in [0.2, 0.25) is 0 Å². The first-order valence-corrected chi connectivity index (χ1v) is 9.92. The second-order valence-corrected chi connectivity index (χ2v) is 8.68. The Morgan fingerprint density at radius 3 is 2.35 bits per heavy atom. The van der Waals surface area contributed by atoms with Crippen LogP contribution in [0.3, 0.4) is 0 Å². The van der Waals surface area contributed by atoms with Crippen molar-refractivity contribution in [3.8, 4) is 0 Å². The van der Waals surface area contributed by atoms with Gasteiger partial charge in [-0.3, -0.25) is 0 Å². The fraction of sp³-hybridized carbons (Fsp3) is 1.00. The van der Waals surface area contributed by atoms with Gasteiger partial charge in [-0.15, -0.1) is 0 Å². The molecule has 136 valence electrons. The fourth-order valence-electron chi connectivity index (χ4n) is 4.08. The van der Waals surface area contributed by atoms with Crippen molar-refractivity contribution < 1.29 is 9.47 Å². The van der Waals surface area contributed by atoms with Gasteiger partial charge < -0.3 is 14.4 Å². The predicted molar refractivity (Wildman–Crippen MR) is 96.6 cm³/mol. The number of nitrogens with zero attached hydrogens (tertiary/aromatic N) is 1. The van der Waals surface area contributed by atoms with Gasteiger partial charge in [-0.25, -0.2) is 0 Å². The summed E-state index contributed by atoms with van der Waals surface area (Å²) in [7, 11) is 0. The van der Waals surface area contributed by atoms with Gasteiger partial charge in [0.15, 0.2) is 5.79 Å². The van der Waals surface area contributed by atoms with Crippen molar-refractivity contribution in [1.29, 1.82) is 0 Å². The van der Waals surface area contributed by atoms with E-state index >= 15 is 0 Å². The summed E-state index contributed by atoms with van der Waals surface area (Å²) >= 11 is 0. The van der Waals surface area contributed by atoms with Crippen molar-refractivity contribution in [3.63, 3.8) is 0 Å². The highest BCUT2D eigenvalue weighted by atomic mass is 16.7. The van der Waals surface area contributed by atoms with Crippen molar-refractivity contribution in [2.45, 2.75) is 91.5 Å². The van der Waals surface area contributed by atoms with Crippen LogP contribution in [-0.4, -0.2) is 43.0 Å². The lowest BCUT2D eigenvalue weighted by atomic mass is 9.71. The second kappa shape index (κ2) is 8.31. The van der Waals surface area contributed by atoms with E-state index in [0.29, 0.717) is 11.5 Å². The van der Waals surface area contributed by atoms with Crippen molar-refractivity contribution in [3.05, 3.63) is 0 Å². The van der Waals surface area contributed by atoms with E-state index in [4.69, 9.17) is 9.47 Å². The smallest absolute Gasteiger partial charge is 0.168 e. The third-order valence-electron chi connectivity index (χ3n) is 5.93. The van der Waals surface area contributed by atoms with Crippen LogP contribution in [0, 0.1) is 11.3 Å². The molecule has 23 heavy (non-hydrogen) atoms. The van der Waals surface area contributed by atoms with Crippen molar-refractivity contribution in [2.24, 2.45) is 11.3 Å². The fourth-order valence-corrected chi connectivity index (χ4v) is 4.08. The van der Waals surface area contributed by atoms with Gasteiger partial charge in [0.2, 0.25) is 0 Å². The van der Waals surface area contributed by atoms with E-state index in [1.54, 1.807) is 0 Å². The zero-order chi connectivity index (χ0) is 16.9. The minimum atomic E-state index is -0.243. The van der Waals surface area contributed by atoms with E-state index in [2.05, 4.69) is 39.5 Å². The molecule has 0 aromatic heterocycles.